The van der Waals surface area contributed by atoms with Gasteiger partial charge in [0.1, 0.15) is 0 Å². The van der Waals surface area contributed by atoms with Gasteiger partial charge in [-0.25, -0.2) is 4.79 Å². The van der Waals surface area contributed by atoms with E-state index in [1.807, 2.05) is 0 Å². The lowest BCUT2D eigenvalue weighted by atomic mass is 9.95. The van der Waals surface area contributed by atoms with Crippen LogP contribution in [-0.4, -0.2) is 35.4 Å². The first-order chi connectivity index (χ1) is 8.17. The SMILES string of the molecule is CSC1CCCCC1NC(=O)NC(=O)CCCl. The van der Waals surface area contributed by atoms with Gasteiger partial charge >= 0.3 is 6.03 Å². The number of carbonyl (C=O) groups is 2. The molecule has 3 amide bonds. The Labute approximate surface area is 111 Å². The molecule has 2 N–H and O–H groups in total. The highest BCUT2D eigenvalue weighted by molar-refractivity contribution is 7.99. The number of hydrogen-bond acceptors (Lipinski definition) is 3. The number of amides is 3. The predicted octanol–water partition coefficient (Wildman–Crippen LogP) is 2.12. The molecule has 0 aromatic heterocycles. The summed E-state index contributed by atoms with van der Waals surface area (Å²) in [6, 6.07) is -0.228. The van der Waals surface area contributed by atoms with E-state index in [2.05, 4.69) is 16.9 Å². The fourth-order valence-corrected chi connectivity index (χ4v) is 3.13. The van der Waals surface area contributed by atoms with Crippen molar-refractivity contribution < 1.29 is 9.59 Å². The van der Waals surface area contributed by atoms with Crippen LogP contribution < -0.4 is 10.6 Å². The lowest BCUT2D eigenvalue weighted by Gasteiger charge is -2.30. The minimum absolute atomic E-state index is 0.169. The molecule has 0 bridgehead atoms. The Kier molecular flexibility index (Phi) is 6.73. The average molecular weight is 279 g/mol. The van der Waals surface area contributed by atoms with Crippen molar-refractivity contribution in [3.63, 3.8) is 0 Å². The predicted molar refractivity (Wildman–Crippen MR) is 71.6 cm³/mol. The molecule has 0 heterocycles. The van der Waals surface area contributed by atoms with Gasteiger partial charge in [0, 0.05) is 23.6 Å². The van der Waals surface area contributed by atoms with Crippen LogP contribution in [0.5, 0.6) is 0 Å². The van der Waals surface area contributed by atoms with Gasteiger partial charge in [-0.3, -0.25) is 10.1 Å². The quantitative estimate of drug-likeness (QED) is 0.775. The second-order valence-electron chi connectivity index (χ2n) is 4.13. The number of halogens is 1. The fraction of sp³-hybridized carbons (Fsp3) is 0.818. The minimum atomic E-state index is -0.397. The molecular weight excluding hydrogens is 260 g/mol. The van der Waals surface area contributed by atoms with Gasteiger partial charge in [-0.05, 0) is 19.1 Å². The topological polar surface area (TPSA) is 58.2 Å². The number of hydrogen-bond donors (Lipinski definition) is 2. The van der Waals surface area contributed by atoms with E-state index in [1.165, 1.54) is 6.42 Å². The Morgan fingerprint density at radius 3 is 2.71 bits per heavy atom. The van der Waals surface area contributed by atoms with Crippen LogP contribution in [0.2, 0.25) is 0 Å². The van der Waals surface area contributed by atoms with Crippen molar-refractivity contribution in [3.05, 3.63) is 0 Å². The third-order valence-corrected chi connectivity index (χ3v) is 4.26. The normalized spacial score (nSPS) is 24.1. The summed E-state index contributed by atoms with van der Waals surface area (Å²) in [5, 5.41) is 5.62. The first-order valence-electron chi connectivity index (χ1n) is 5.86. The van der Waals surface area contributed by atoms with Gasteiger partial charge in [0.25, 0.3) is 0 Å². The molecule has 0 aliphatic heterocycles. The fourth-order valence-electron chi connectivity index (χ4n) is 2.02. The maximum atomic E-state index is 11.6. The van der Waals surface area contributed by atoms with Gasteiger partial charge in [0.05, 0.1) is 0 Å². The van der Waals surface area contributed by atoms with Crippen LogP contribution in [0.4, 0.5) is 4.79 Å². The summed E-state index contributed by atoms with van der Waals surface area (Å²) < 4.78 is 0. The Hall–Kier alpha value is -0.420. The summed E-state index contributed by atoms with van der Waals surface area (Å²) in [7, 11) is 0. The summed E-state index contributed by atoms with van der Waals surface area (Å²) in [6.07, 6.45) is 6.70. The Morgan fingerprint density at radius 1 is 1.35 bits per heavy atom. The van der Waals surface area contributed by atoms with E-state index in [0.29, 0.717) is 5.25 Å². The first kappa shape index (κ1) is 14.6. The van der Waals surface area contributed by atoms with Gasteiger partial charge in [0.2, 0.25) is 5.91 Å². The monoisotopic (exact) mass is 278 g/mol. The zero-order valence-corrected chi connectivity index (χ0v) is 11.6. The van der Waals surface area contributed by atoms with E-state index in [1.54, 1.807) is 11.8 Å². The summed E-state index contributed by atoms with van der Waals surface area (Å²) in [5.41, 5.74) is 0. The largest absolute Gasteiger partial charge is 0.334 e. The summed E-state index contributed by atoms with van der Waals surface area (Å²) in [5.74, 6) is -0.0929. The molecule has 1 aliphatic rings. The molecule has 6 heteroatoms. The molecule has 0 aromatic carbocycles. The Balaban J connectivity index is 2.35. The van der Waals surface area contributed by atoms with Crippen molar-refractivity contribution in [2.24, 2.45) is 0 Å². The maximum absolute atomic E-state index is 11.6. The first-order valence-corrected chi connectivity index (χ1v) is 7.68. The van der Waals surface area contributed by atoms with Crippen LogP contribution in [0.1, 0.15) is 32.1 Å². The van der Waals surface area contributed by atoms with Gasteiger partial charge in [0.15, 0.2) is 0 Å². The van der Waals surface area contributed by atoms with E-state index >= 15 is 0 Å². The molecule has 1 fully saturated rings. The number of urea groups is 1. The third-order valence-electron chi connectivity index (χ3n) is 2.90. The number of alkyl halides is 1. The molecule has 0 saturated heterocycles. The smallest absolute Gasteiger partial charge is 0.321 e. The highest BCUT2D eigenvalue weighted by Gasteiger charge is 2.25. The molecule has 4 nitrogen and oxygen atoms in total. The number of rotatable bonds is 4. The van der Waals surface area contributed by atoms with Crippen LogP contribution in [0, 0.1) is 0 Å². The van der Waals surface area contributed by atoms with Crippen molar-refractivity contribution >= 4 is 35.3 Å². The van der Waals surface area contributed by atoms with Crippen LogP contribution in [0.3, 0.4) is 0 Å². The van der Waals surface area contributed by atoms with Gasteiger partial charge in [-0.1, -0.05) is 12.8 Å². The molecule has 2 atom stereocenters. The highest BCUT2D eigenvalue weighted by atomic mass is 35.5. The van der Waals surface area contributed by atoms with Crippen LogP contribution in [-0.2, 0) is 4.79 Å². The molecule has 0 radical (unpaired) electrons. The maximum Gasteiger partial charge on any atom is 0.321 e. The molecule has 1 aliphatic carbocycles. The highest BCUT2D eigenvalue weighted by Crippen LogP contribution is 2.26. The number of imide groups is 1. The standard InChI is InChI=1S/C11H19ClN2O2S/c1-17-9-5-3-2-4-8(9)13-11(16)14-10(15)6-7-12/h8-9H,2-7H2,1H3,(H2,13,14,15,16). The number of nitrogens with one attached hydrogen (secondary N) is 2. The second kappa shape index (κ2) is 7.82. The Bertz CT molecular complexity index is 276. The molecular formula is C11H19ClN2O2S. The van der Waals surface area contributed by atoms with Crippen LogP contribution in [0.25, 0.3) is 0 Å². The average Bonchev–Trinajstić information content (AvgIpc) is 2.29. The molecule has 1 saturated carbocycles. The van der Waals surface area contributed by atoms with Crippen molar-refractivity contribution in [1.82, 2.24) is 10.6 Å². The lowest BCUT2D eigenvalue weighted by molar-refractivity contribution is -0.119. The molecule has 98 valence electrons. The van der Waals surface area contributed by atoms with E-state index in [0.717, 1.165) is 19.3 Å². The van der Waals surface area contributed by atoms with Gasteiger partial charge in [-0.15, -0.1) is 11.6 Å². The van der Waals surface area contributed by atoms with Crippen molar-refractivity contribution in [3.8, 4) is 0 Å². The summed E-state index contributed by atoms with van der Waals surface area (Å²) in [6.45, 7) is 0. The lowest BCUT2D eigenvalue weighted by Crippen LogP contribution is -2.49. The van der Waals surface area contributed by atoms with E-state index in [9.17, 15) is 9.59 Å². The van der Waals surface area contributed by atoms with Gasteiger partial charge < -0.3 is 5.32 Å². The van der Waals surface area contributed by atoms with Crippen molar-refractivity contribution in [1.29, 1.82) is 0 Å². The molecule has 0 spiro atoms. The second-order valence-corrected chi connectivity index (χ2v) is 5.58. The van der Waals surface area contributed by atoms with Crippen LogP contribution >= 0.6 is 23.4 Å². The van der Waals surface area contributed by atoms with E-state index in [4.69, 9.17) is 11.6 Å². The molecule has 2 unspecified atom stereocenters. The Morgan fingerprint density at radius 2 is 2.06 bits per heavy atom. The molecule has 0 aromatic rings. The van der Waals surface area contributed by atoms with Crippen LogP contribution in [0.15, 0.2) is 0 Å². The zero-order valence-electron chi connectivity index (χ0n) is 10.0. The van der Waals surface area contributed by atoms with Crippen molar-refractivity contribution in [2.45, 2.75) is 43.4 Å². The molecule has 1 rings (SSSR count). The van der Waals surface area contributed by atoms with E-state index in [-0.39, 0.29) is 24.2 Å². The minimum Gasteiger partial charge on any atom is -0.334 e. The van der Waals surface area contributed by atoms with Crippen molar-refractivity contribution in [2.75, 3.05) is 12.1 Å². The van der Waals surface area contributed by atoms with E-state index < -0.39 is 6.03 Å². The number of carbonyl (C=O) groups excluding carboxylic acids is 2. The summed E-state index contributed by atoms with van der Waals surface area (Å²) in [4.78, 5) is 22.7. The molecule has 17 heavy (non-hydrogen) atoms. The van der Waals surface area contributed by atoms with Gasteiger partial charge in [-0.2, -0.15) is 11.8 Å². The summed E-state index contributed by atoms with van der Waals surface area (Å²) >= 11 is 7.20. The number of thioether (sulfide) groups is 1. The zero-order chi connectivity index (χ0) is 12.7. The third kappa shape index (κ3) is 5.17.